The second-order valence-electron chi connectivity index (χ2n) is 23.9. The van der Waals surface area contributed by atoms with E-state index in [-0.39, 0.29) is 18.5 Å². The van der Waals surface area contributed by atoms with Gasteiger partial charge in [0.2, 0.25) is 5.91 Å². The van der Waals surface area contributed by atoms with E-state index in [0.717, 1.165) is 51.4 Å². The van der Waals surface area contributed by atoms with Crippen LogP contribution >= 0.6 is 0 Å². The Labute approximate surface area is 481 Å². The second kappa shape index (κ2) is 66.6. The van der Waals surface area contributed by atoms with Crippen molar-refractivity contribution >= 4 is 11.9 Å². The van der Waals surface area contributed by atoms with Crippen LogP contribution in [0.15, 0.2) is 36.5 Å². The molecule has 0 aliphatic carbocycles. The van der Waals surface area contributed by atoms with Gasteiger partial charge in [-0.3, -0.25) is 9.59 Å². The van der Waals surface area contributed by atoms with E-state index in [1.807, 2.05) is 0 Å². The normalized spacial score (nSPS) is 12.7. The molecule has 1 amide bonds. The molecule has 0 aliphatic rings. The minimum atomic E-state index is -0.663. The second-order valence-corrected chi connectivity index (χ2v) is 23.9. The van der Waals surface area contributed by atoms with Gasteiger partial charge in [0, 0.05) is 12.8 Å². The molecule has 3 N–H and O–H groups in total. The summed E-state index contributed by atoms with van der Waals surface area (Å²) < 4.78 is 5.47. The number of hydrogen-bond donors (Lipinski definition) is 3. The maximum atomic E-state index is 12.5. The zero-order valence-electron chi connectivity index (χ0n) is 52.0. The number of esters is 1. The number of aliphatic hydroxyl groups is 2. The number of allylic oxidation sites excluding steroid dienone is 6. The van der Waals surface area contributed by atoms with Crippen LogP contribution in [0.1, 0.15) is 380 Å². The first-order chi connectivity index (χ1) is 38.0. The molecule has 0 fully saturated rings. The number of ether oxygens (including phenoxy) is 1. The van der Waals surface area contributed by atoms with E-state index in [0.29, 0.717) is 25.9 Å². The Morgan fingerprint density at radius 1 is 0.364 bits per heavy atom. The van der Waals surface area contributed by atoms with Crippen molar-refractivity contribution in [3.63, 3.8) is 0 Å². The van der Waals surface area contributed by atoms with Gasteiger partial charge in [0.15, 0.2) is 0 Å². The summed E-state index contributed by atoms with van der Waals surface area (Å²) in [6, 6.07) is -0.540. The van der Waals surface area contributed by atoms with Crippen molar-refractivity contribution in [3.8, 4) is 0 Å². The molecule has 2 atom stereocenters. The van der Waals surface area contributed by atoms with E-state index in [1.165, 1.54) is 295 Å². The van der Waals surface area contributed by atoms with Crippen LogP contribution in [0.25, 0.3) is 0 Å². The Morgan fingerprint density at radius 3 is 1.05 bits per heavy atom. The summed E-state index contributed by atoms with van der Waals surface area (Å²) in [4.78, 5) is 24.5. The van der Waals surface area contributed by atoms with Gasteiger partial charge in [-0.05, 0) is 77.0 Å². The third-order valence-electron chi connectivity index (χ3n) is 16.1. The SMILES string of the molecule is CCC/C=C\C/C=C\CCCCCCCC(=O)OCCCCCCCCCCCCCC/C=C\CCCCCCCCCCCCCCCCCC(=O)NC(CO)C(O)CCCCCCCCCCCCCCCCCC. The molecule has 0 saturated heterocycles. The molecule has 0 rings (SSSR count). The monoisotopic (exact) mass is 1080 g/mol. The number of nitrogens with one attached hydrogen (secondary N) is 1. The average Bonchev–Trinajstić information content (AvgIpc) is 3.43. The molecule has 0 aromatic heterocycles. The van der Waals surface area contributed by atoms with Gasteiger partial charge < -0.3 is 20.3 Å². The molecule has 454 valence electrons. The van der Waals surface area contributed by atoms with Crippen LogP contribution in [0.3, 0.4) is 0 Å². The lowest BCUT2D eigenvalue weighted by atomic mass is 10.0. The molecule has 0 bridgehead atoms. The number of rotatable bonds is 65. The van der Waals surface area contributed by atoms with E-state index in [2.05, 4.69) is 55.6 Å². The first-order valence-corrected chi connectivity index (χ1v) is 34.7. The maximum absolute atomic E-state index is 12.5. The molecule has 0 heterocycles. The molecule has 2 unspecified atom stereocenters. The topological polar surface area (TPSA) is 95.9 Å². The van der Waals surface area contributed by atoms with Crippen LogP contribution in [0.5, 0.6) is 0 Å². The smallest absolute Gasteiger partial charge is 0.305 e. The highest BCUT2D eigenvalue weighted by atomic mass is 16.5. The van der Waals surface area contributed by atoms with E-state index >= 15 is 0 Å². The number of aliphatic hydroxyl groups excluding tert-OH is 2. The number of carbonyl (C=O) groups excluding carboxylic acids is 2. The van der Waals surface area contributed by atoms with Gasteiger partial charge in [-0.2, -0.15) is 0 Å². The Kier molecular flexibility index (Phi) is 64.9. The van der Waals surface area contributed by atoms with Crippen LogP contribution in [-0.2, 0) is 14.3 Å². The summed E-state index contributed by atoms with van der Waals surface area (Å²) >= 11 is 0. The fourth-order valence-electron chi connectivity index (χ4n) is 10.9. The largest absolute Gasteiger partial charge is 0.466 e. The number of unbranched alkanes of at least 4 members (excludes halogenated alkanes) is 48. The first-order valence-electron chi connectivity index (χ1n) is 34.7. The summed E-state index contributed by atoms with van der Waals surface area (Å²) in [5.74, 6) is -0.0276. The van der Waals surface area contributed by atoms with E-state index in [4.69, 9.17) is 4.74 Å². The van der Waals surface area contributed by atoms with Crippen molar-refractivity contribution in [1.29, 1.82) is 0 Å². The van der Waals surface area contributed by atoms with Crippen molar-refractivity contribution in [2.75, 3.05) is 13.2 Å². The lowest BCUT2D eigenvalue weighted by molar-refractivity contribution is -0.143. The predicted molar refractivity (Wildman–Crippen MR) is 338 cm³/mol. The summed E-state index contributed by atoms with van der Waals surface area (Å²) in [6.45, 7) is 4.91. The van der Waals surface area contributed by atoms with Crippen LogP contribution in [0, 0.1) is 0 Å². The number of amides is 1. The lowest BCUT2D eigenvalue weighted by Gasteiger charge is -2.22. The fraction of sp³-hybridized carbons (Fsp3) is 0.887. The molecular formula is C71H135NO5. The van der Waals surface area contributed by atoms with Gasteiger partial charge in [-0.1, -0.05) is 326 Å². The Hall–Kier alpha value is -1.92. The predicted octanol–water partition coefficient (Wildman–Crippen LogP) is 22.3. The quantitative estimate of drug-likeness (QED) is 0.0320. The van der Waals surface area contributed by atoms with Crippen molar-refractivity contribution in [2.45, 2.75) is 392 Å². The molecule has 0 aliphatic heterocycles. The minimum absolute atomic E-state index is 0.00249. The molecule has 6 nitrogen and oxygen atoms in total. The van der Waals surface area contributed by atoms with E-state index in [1.54, 1.807) is 0 Å². The molecule has 0 radical (unpaired) electrons. The Morgan fingerprint density at radius 2 is 0.675 bits per heavy atom. The first kappa shape index (κ1) is 75.1. The summed E-state index contributed by atoms with van der Waals surface area (Å²) in [5, 5.41) is 23.3. The molecule has 77 heavy (non-hydrogen) atoms. The third kappa shape index (κ3) is 63.1. The van der Waals surface area contributed by atoms with Gasteiger partial charge >= 0.3 is 5.97 Å². The summed E-state index contributed by atoms with van der Waals surface area (Å²) in [5.41, 5.74) is 0. The van der Waals surface area contributed by atoms with Crippen molar-refractivity contribution in [2.24, 2.45) is 0 Å². The molecule has 0 aromatic rings. The van der Waals surface area contributed by atoms with Crippen molar-refractivity contribution in [3.05, 3.63) is 36.5 Å². The highest BCUT2D eigenvalue weighted by Crippen LogP contribution is 2.18. The molecule has 0 aromatic carbocycles. The zero-order chi connectivity index (χ0) is 55.7. The fourth-order valence-corrected chi connectivity index (χ4v) is 10.9. The van der Waals surface area contributed by atoms with E-state index in [9.17, 15) is 19.8 Å². The number of carbonyl (C=O) groups is 2. The van der Waals surface area contributed by atoms with Crippen LogP contribution < -0.4 is 5.32 Å². The third-order valence-corrected chi connectivity index (χ3v) is 16.1. The van der Waals surface area contributed by atoms with Crippen molar-refractivity contribution < 1.29 is 24.5 Å². The Balaban J connectivity index is 3.36. The van der Waals surface area contributed by atoms with Gasteiger partial charge in [-0.25, -0.2) is 0 Å². The summed E-state index contributed by atoms with van der Waals surface area (Å²) in [6.07, 6.45) is 84.8. The highest BCUT2D eigenvalue weighted by molar-refractivity contribution is 5.76. The maximum Gasteiger partial charge on any atom is 0.305 e. The van der Waals surface area contributed by atoms with Crippen LogP contribution in [0.2, 0.25) is 0 Å². The summed E-state index contributed by atoms with van der Waals surface area (Å²) in [7, 11) is 0. The minimum Gasteiger partial charge on any atom is -0.466 e. The lowest BCUT2D eigenvalue weighted by Crippen LogP contribution is -2.45. The standard InChI is InChI=1S/C71H135NO5/c1-3-5-7-9-11-13-15-17-18-36-40-43-47-51-55-59-63-69(74)68(67-73)72-70(75)64-60-56-52-48-44-41-37-34-32-30-28-26-24-22-20-19-21-23-25-27-29-31-33-35-38-42-46-50-54-58-62-66-77-71(76)65-61-57-53-49-45-39-16-14-12-10-8-6-4-2/h8,10,14,16,21,23,68-69,73-74H,3-7,9,11-13,15,17-20,22,24-67H2,1-2H3,(H,72,75)/b10-8-,16-14-,23-21-. The number of hydrogen-bond acceptors (Lipinski definition) is 5. The van der Waals surface area contributed by atoms with Crippen LogP contribution in [0.4, 0.5) is 0 Å². The average molecular weight is 1080 g/mol. The van der Waals surface area contributed by atoms with Gasteiger partial charge in [-0.15, -0.1) is 0 Å². The van der Waals surface area contributed by atoms with Gasteiger partial charge in [0.1, 0.15) is 0 Å². The molecular weight excluding hydrogens is 947 g/mol. The molecule has 6 heteroatoms. The van der Waals surface area contributed by atoms with Gasteiger partial charge in [0.25, 0.3) is 0 Å². The van der Waals surface area contributed by atoms with Crippen LogP contribution in [-0.4, -0.2) is 47.4 Å². The van der Waals surface area contributed by atoms with Gasteiger partial charge in [0.05, 0.1) is 25.4 Å². The molecule has 0 saturated carbocycles. The van der Waals surface area contributed by atoms with Crippen molar-refractivity contribution in [1.82, 2.24) is 5.32 Å². The van der Waals surface area contributed by atoms with E-state index < -0.39 is 12.1 Å². The molecule has 0 spiro atoms. The Bertz CT molecular complexity index is 1250. The highest BCUT2D eigenvalue weighted by Gasteiger charge is 2.20. The zero-order valence-corrected chi connectivity index (χ0v) is 52.0.